The largest absolute Gasteiger partial charge is 0.369 e. The molecule has 0 bridgehead atoms. The van der Waals surface area contributed by atoms with Gasteiger partial charge in [-0.15, -0.1) is 0 Å². The van der Waals surface area contributed by atoms with Gasteiger partial charge in [0.05, 0.1) is 0 Å². The van der Waals surface area contributed by atoms with Crippen LogP contribution in [0.15, 0.2) is 29.2 Å². The first-order chi connectivity index (χ1) is 10.6. The molecule has 0 aromatic carbocycles. The molecule has 0 unspecified atom stereocenters. The number of aldehydes is 1. The maximum Gasteiger partial charge on any atom is 0.270 e. The molecule has 1 fully saturated rings. The van der Waals surface area contributed by atoms with Crippen LogP contribution in [-0.4, -0.2) is 34.7 Å². The minimum absolute atomic E-state index is 0.0428. The maximum atomic E-state index is 12.4. The number of pyridine rings is 1. The molecule has 1 saturated heterocycles. The van der Waals surface area contributed by atoms with E-state index in [4.69, 9.17) is 5.73 Å². The van der Waals surface area contributed by atoms with Crippen LogP contribution >= 0.6 is 0 Å². The maximum absolute atomic E-state index is 12.4. The normalized spacial score (nSPS) is 15.9. The van der Waals surface area contributed by atoms with Crippen LogP contribution < -0.4 is 16.2 Å². The van der Waals surface area contributed by atoms with Gasteiger partial charge < -0.3 is 10.6 Å². The first-order valence-corrected chi connectivity index (χ1v) is 7.12. The molecule has 0 atom stereocenters. The van der Waals surface area contributed by atoms with E-state index in [0.29, 0.717) is 43.7 Å². The van der Waals surface area contributed by atoms with E-state index in [1.54, 1.807) is 24.4 Å². The summed E-state index contributed by atoms with van der Waals surface area (Å²) >= 11 is 0. The van der Waals surface area contributed by atoms with Crippen molar-refractivity contribution in [3.05, 3.63) is 40.3 Å². The van der Waals surface area contributed by atoms with E-state index in [-0.39, 0.29) is 22.9 Å². The molecule has 3 heterocycles. The van der Waals surface area contributed by atoms with Crippen molar-refractivity contribution in [2.24, 2.45) is 11.7 Å². The summed E-state index contributed by atoms with van der Waals surface area (Å²) in [7, 11) is 0. The Balaban J connectivity index is 2.02. The van der Waals surface area contributed by atoms with Crippen LogP contribution in [-0.2, 0) is 4.79 Å². The predicted molar refractivity (Wildman–Crippen MR) is 81.0 cm³/mol. The number of carbonyl (C=O) groups is 2. The van der Waals surface area contributed by atoms with Gasteiger partial charge >= 0.3 is 0 Å². The second-order valence-corrected chi connectivity index (χ2v) is 5.36. The fraction of sp³-hybridized carbons (Fsp3) is 0.333. The topological polar surface area (TPSA) is 97.8 Å². The lowest BCUT2D eigenvalue weighted by atomic mass is 9.96. The fourth-order valence-electron chi connectivity index (χ4n) is 2.81. The molecule has 0 aliphatic carbocycles. The van der Waals surface area contributed by atoms with Crippen molar-refractivity contribution >= 4 is 23.7 Å². The molecule has 1 aliphatic heterocycles. The zero-order valence-corrected chi connectivity index (χ0v) is 11.9. The number of hydrogen-bond acceptors (Lipinski definition) is 5. The highest BCUT2D eigenvalue weighted by molar-refractivity contribution is 5.83. The third kappa shape index (κ3) is 2.34. The lowest BCUT2D eigenvalue weighted by Crippen LogP contribution is -2.40. The second kappa shape index (κ2) is 5.59. The summed E-state index contributed by atoms with van der Waals surface area (Å²) in [5.41, 5.74) is 5.48. The van der Waals surface area contributed by atoms with Crippen LogP contribution in [0.5, 0.6) is 0 Å². The number of fused-ring (bicyclic) bond motifs is 1. The molecule has 114 valence electrons. The molecule has 22 heavy (non-hydrogen) atoms. The number of rotatable bonds is 3. The summed E-state index contributed by atoms with van der Waals surface area (Å²) in [6, 6.07) is 5.21. The Bertz CT molecular complexity index is 791. The average Bonchev–Trinajstić information content (AvgIpc) is 2.55. The summed E-state index contributed by atoms with van der Waals surface area (Å²) in [4.78, 5) is 41.3. The van der Waals surface area contributed by atoms with Crippen molar-refractivity contribution < 1.29 is 9.59 Å². The van der Waals surface area contributed by atoms with Crippen molar-refractivity contribution in [2.75, 3.05) is 18.0 Å². The summed E-state index contributed by atoms with van der Waals surface area (Å²) in [6.45, 7) is 1.09. The van der Waals surface area contributed by atoms with E-state index in [1.807, 2.05) is 4.90 Å². The molecule has 0 spiro atoms. The number of aromatic nitrogens is 2. The predicted octanol–water partition coefficient (Wildman–Crippen LogP) is 0.209. The number of hydrogen-bond donors (Lipinski definition) is 1. The Morgan fingerprint density at radius 3 is 2.68 bits per heavy atom. The molecule has 2 aromatic rings. The molecule has 2 N–H and O–H groups in total. The van der Waals surface area contributed by atoms with Crippen molar-refractivity contribution in [1.29, 1.82) is 0 Å². The molecule has 1 amide bonds. The van der Waals surface area contributed by atoms with E-state index in [2.05, 4.69) is 4.98 Å². The third-order valence-corrected chi connectivity index (χ3v) is 4.06. The Hall–Kier alpha value is -2.70. The fourth-order valence-corrected chi connectivity index (χ4v) is 2.81. The monoisotopic (exact) mass is 300 g/mol. The zero-order chi connectivity index (χ0) is 15.7. The Morgan fingerprint density at radius 2 is 2.05 bits per heavy atom. The number of amides is 1. The van der Waals surface area contributed by atoms with Crippen LogP contribution in [0.1, 0.15) is 23.2 Å². The minimum Gasteiger partial charge on any atom is -0.369 e. The molecule has 3 rings (SSSR count). The van der Waals surface area contributed by atoms with Crippen molar-refractivity contribution in [3.8, 4) is 0 Å². The van der Waals surface area contributed by atoms with E-state index >= 15 is 0 Å². The van der Waals surface area contributed by atoms with Gasteiger partial charge in [-0.2, -0.15) is 0 Å². The van der Waals surface area contributed by atoms with Gasteiger partial charge in [-0.25, -0.2) is 4.98 Å². The minimum atomic E-state index is -0.382. The highest BCUT2D eigenvalue weighted by atomic mass is 16.1. The van der Waals surface area contributed by atoms with Crippen molar-refractivity contribution in [2.45, 2.75) is 12.8 Å². The van der Waals surface area contributed by atoms with Gasteiger partial charge in [0.2, 0.25) is 5.91 Å². The standard InChI is InChI=1S/C15H16N4O3/c16-13(21)10-4-7-18(8-5-10)14-11(9-20)15(22)19-6-2-1-3-12(19)17-14/h1-3,6,9-10H,4-5,7-8H2,(H2,16,21). The SMILES string of the molecule is NC(=O)C1CCN(c2nc3ccccn3c(=O)c2C=O)CC1. The molecule has 1 aliphatic rings. The lowest BCUT2D eigenvalue weighted by Gasteiger charge is -2.32. The highest BCUT2D eigenvalue weighted by Crippen LogP contribution is 2.23. The molecule has 7 heteroatoms. The first-order valence-electron chi connectivity index (χ1n) is 7.12. The smallest absolute Gasteiger partial charge is 0.270 e. The Morgan fingerprint density at radius 1 is 1.32 bits per heavy atom. The summed E-state index contributed by atoms with van der Waals surface area (Å²) in [5.74, 6) is -0.0756. The lowest BCUT2D eigenvalue weighted by molar-refractivity contribution is -0.122. The Labute approximate surface area is 126 Å². The number of primary amides is 1. The number of piperidine rings is 1. The van der Waals surface area contributed by atoms with Crippen LogP contribution in [0, 0.1) is 5.92 Å². The first kappa shape index (κ1) is 14.2. The van der Waals surface area contributed by atoms with Crippen LogP contribution in [0.3, 0.4) is 0 Å². The summed E-state index contributed by atoms with van der Waals surface area (Å²) < 4.78 is 1.35. The van der Waals surface area contributed by atoms with E-state index in [9.17, 15) is 14.4 Å². The summed E-state index contributed by atoms with van der Waals surface area (Å²) in [5, 5.41) is 0. The number of carbonyl (C=O) groups excluding carboxylic acids is 2. The van der Waals surface area contributed by atoms with E-state index < -0.39 is 0 Å². The van der Waals surface area contributed by atoms with Gasteiger partial charge in [0, 0.05) is 25.2 Å². The Kier molecular flexibility index (Phi) is 3.62. The van der Waals surface area contributed by atoms with Crippen molar-refractivity contribution in [3.63, 3.8) is 0 Å². The van der Waals surface area contributed by atoms with E-state index in [1.165, 1.54) is 4.40 Å². The van der Waals surface area contributed by atoms with Gasteiger partial charge in [0.15, 0.2) is 6.29 Å². The average molecular weight is 300 g/mol. The number of nitrogens with zero attached hydrogens (tertiary/aromatic N) is 3. The number of nitrogens with two attached hydrogens (primary N) is 1. The second-order valence-electron chi connectivity index (χ2n) is 5.36. The van der Waals surface area contributed by atoms with Crippen LogP contribution in [0.2, 0.25) is 0 Å². The molecule has 2 aromatic heterocycles. The number of anilines is 1. The molecule has 0 saturated carbocycles. The van der Waals surface area contributed by atoms with Gasteiger partial charge in [-0.3, -0.25) is 18.8 Å². The molecule has 7 nitrogen and oxygen atoms in total. The van der Waals surface area contributed by atoms with Crippen LogP contribution in [0.25, 0.3) is 5.65 Å². The van der Waals surface area contributed by atoms with Gasteiger partial charge in [0.25, 0.3) is 5.56 Å². The van der Waals surface area contributed by atoms with E-state index in [0.717, 1.165) is 0 Å². The van der Waals surface area contributed by atoms with Gasteiger partial charge in [0.1, 0.15) is 17.0 Å². The van der Waals surface area contributed by atoms with Gasteiger partial charge in [-0.05, 0) is 25.0 Å². The van der Waals surface area contributed by atoms with Gasteiger partial charge in [-0.1, -0.05) is 6.07 Å². The molecule has 0 radical (unpaired) electrons. The molecular formula is C15H16N4O3. The zero-order valence-electron chi connectivity index (χ0n) is 11.9. The van der Waals surface area contributed by atoms with Crippen LogP contribution in [0.4, 0.5) is 5.82 Å². The van der Waals surface area contributed by atoms with Crippen molar-refractivity contribution in [1.82, 2.24) is 9.38 Å². The quantitative estimate of drug-likeness (QED) is 0.817. The summed E-state index contributed by atoms with van der Waals surface area (Å²) in [6.07, 6.45) is 3.33. The molecular weight excluding hydrogens is 284 g/mol. The third-order valence-electron chi connectivity index (χ3n) is 4.06. The highest BCUT2D eigenvalue weighted by Gasteiger charge is 2.26.